The van der Waals surface area contributed by atoms with Gasteiger partial charge in [-0.15, -0.1) is 5.10 Å². The van der Waals surface area contributed by atoms with Crippen LogP contribution in [-0.4, -0.2) is 19.7 Å². The maximum atomic E-state index is 5.63. The van der Waals surface area contributed by atoms with E-state index in [0.717, 1.165) is 0 Å². The normalized spacial score (nSPS) is 10.2. The first-order valence-electron chi connectivity index (χ1n) is 3.65. The molecule has 0 aromatic carbocycles. The van der Waals surface area contributed by atoms with Crippen LogP contribution in [0.3, 0.4) is 0 Å². The van der Waals surface area contributed by atoms with Crippen LogP contribution in [0.5, 0.6) is 0 Å². The molecule has 0 saturated heterocycles. The van der Waals surface area contributed by atoms with Gasteiger partial charge in [0.05, 0.1) is 0 Å². The molecule has 4 N–H and O–H groups in total. The summed E-state index contributed by atoms with van der Waals surface area (Å²) in [4.78, 5) is 7.76. The zero-order valence-corrected chi connectivity index (χ0v) is 6.75. The lowest BCUT2D eigenvalue weighted by atomic mass is 10.5. The fourth-order valence-electron chi connectivity index (χ4n) is 1.01. The smallest absolute Gasteiger partial charge is 0.159 e. The summed E-state index contributed by atoms with van der Waals surface area (Å²) >= 11 is 0. The van der Waals surface area contributed by atoms with E-state index in [9.17, 15) is 0 Å². The van der Waals surface area contributed by atoms with E-state index in [4.69, 9.17) is 11.5 Å². The van der Waals surface area contributed by atoms with Crippen LogP contribution >= 0.6 is 0 Å². The third-order valence-electron chi connectivity index (χ3n) is 1.54. The van der Waals surface area contributed by atoms with Crippen molar-refractivity contribution in [2.45, 2.75) is 0 Å². The van der Waals surface area contributed by atoms with Crippen molar-refractivity contribution < 1.29 is 0 Å². The van der Waals surface area contributed by atoms with Crippen LogP contribution < -0.4 is 11.5 Å². The van der Waals surface area contributed by atoms with Gasteiger partial charge in [-0.25, -0.2) is 9.97 Å². The Hall–Kier alpha value is -2.11. The molecule has 13 heavy (non-hydrogen) atoms. The van der Waals surface area contributed by atoms with Crippen LogP contribution in [0, 0.1) is 0 Å². The lowest BCUT2D eigenvalue weighted by Gasteiger charge is -1.99. The van der Waals surface area contributed by atoms with Crippen LogP contribution in [0.15, 0.2) is 24.7 Å². The average molecular weight is 176 g/mol. The first-order valence-corrected chi connectivity index (χ1v) is 3.65. The van der Waals surface area contributed by atoms with Crippen molar-refractivity contribution in [3.05, 3.63) is 24.7 Å². The highest BCUT2D eigenvalue weighted by molar-refractivity contribution is 5.46. The molecular weight excluding hydrogens is 168 g/mol. The van der Waals surface area contributed by atoms with Gasteiger partial charge >= 0.3 is 0 Å². The second kappa shape index (κ2) is 2.74. The van der Waals surface area contributed by atoms with E-state index in [1.807, 2.05) is 0 Å². The third kappa shape index (κ3) is 1.28. The van der Waals surface area contributed by atoms with E-state index < -0.39 is 0 Å². The van der Waals surface area contributed by atoms with Crippen LogP contribution in [0.1, 0.15) is 0 Å². The topological polar surface area (TPSA) is 95.6 Å². The molecule has 2 aromatic heterocycles. The lowest BCUT2D eigenvalue weighted by molar-refractivity contribution is 0.854. The number of aromatic nitrogens is 4. The summed E-state index contributed by atoms with van der Waals surface area (Å²) in [5, 5.41) is 3.96. The summed E-state index contributed by atoms with van der Waals surface area (Å²) in [6.07, 6.45) is 3.03. The van der Waals surface area contributed by atoms with E-state index in [0.29, 0.717) is 17.5 Å². The molecule has 66 valence electrons. The summed E-state index contributed by atoms with van der Waals surface area (Å²) in [5.74, 6) is 1.43. The molecule has 2 aromatic rings. The van der Waals surface area contributed by atoms with Gasteiger partial charge < -0.3 is 11.5 Å². The molecule has 0 saturated carbocycles. The number of nitrogen functional groups attached to an aromatic ring is 2. The molecule has 0 amide bonds. The average Bonchev–Trinajstić information content (AvgIpc) is 2.47. The molecule has 0 aliphatic rings. The molecule has 0 aliphatic carbocycles. The van der Waals surface area contributed by atoms with Crippen molar-refractivity contribution in [2.24, 2.45) is 0 Å². The first-order chi connectivity index (χ1) is 6.27. The van der Waals surface area contributed by atoms with Crippen molar-refractivity contribution in [3.8, 4) is 5.82 Å². The van der Waals surface area contributed by atoms with Crippen molar-refractivity contribution in [3.63, 3.8) is 0 Å². The maximum absolute atomic E-state index is 5.63. The maximum Gasteiger partial charge on any atom is 0.159 e. The fraction of sp³-hybridized carbons (Fsp3) is 0. The SMILES string of the molecule is Nc1cc(N)n(-c2ccncn2)n1. The first kappa shape index (κ1) is 7.53. The van der Waals surface area contributed by atoms with E-state index in [2.05, 4.69) is 15.1 Å². The third-order valence-corrected chi connectivity index (χ3v) is 1.54. The summed E-state index contributed by atoms with van der Waals surface area (Å²) in [6, 6.07) is 3.27. The molecular formula is C7H8N6. The van der Waals surface area contributed by atoms with Crippen LogP contribution in [0.2, 0.25) is 0 Å². The predicted molar refractivity (Wildman–Crippen MR) is 48.0 cm³/mol. The van der Waals surface area contributed by atoms with Gasteiger partial charge in [0.15, 0.2) is 5.82 Å². The monoisotopic (exact) mass is 176 g/mol. The number of nitrogens with two attached hydrogens (primary N) is 2. The van der Waals surface area contributed by atoms with Gasteiger partial charge in [-0.1, -0.05) is 0 Å². The van der Waals surface area contributed by atoms with Gasteiger partial charge in [0.1, 0.15) is 18.0 Å². The zero-order chi connectivity index (χ0) is 9.26. The van der Waals surface area contributed by atoms with Crippen LogP contribution in [0.4, 0.5) is 11.6 Å². The highest BCUT2D eigenvalue weighted by atomic mass is 15.4. The quantitative estimate of drug-likeness (QED) is 0.628. The molecule has 0 bridgehead atoms. The Morgan fingerprint density at radius 1 is 1.31 bits per heavy atom. The van der Waals surface area contributed by atoms with E-state index in [1.54, 1.807) is 18.3 Å². The van der Waals surface area contributed by atoms with Gasteiger partial charge in [0.2, 0.25) is 0 Å². The summed E-state index contributed by atoms with van der Waals surface area (Å²) in [5.41, 5.74) is 11.1. The van der Waals surface area contributed by atoms with Crippen molar-refractivity contribution >= 4 is 11.6 Å². The van der Waals surface area contributed by atoms with Gasteiger partial charge in [0.25, 0.3) is 0 Å². The second-order valence-corrected chi connectivity index (χ2v) is 2.47. The Bertz CT molecular complexity index is 406. The molecule has 2 heterocycles. The van der Waals surface area contributed by atoms with E-state index >= 15 is 0 Å². The number of hydrogen-bond donors (Lipinski definition) is 2. The molecule has 0 atom stereocenters. The second-order valence-electron chi connectivity index (χ2n) is 2.47. The highest BCUT2D eigenvalue weighted by Crippen LogP contribution is 2.11. The zero-order valence-electron chi connectivity index (χ0n) is 6.75. The molecule has 6 nitrogen and oxygen atoms in total. The molecule has 0 unspecified atom stereocenters. The summed E-state index contributed by atoms with van der Waals surface area (Å²) < 4.78 is 1.46. The highest BCUT2D eigenvalue weighted by Gasteiger charge is 2.04. The Morgan fingerprint density at radius 3 is 2.69 bits per heavy atom. The molecule has 6 heteroatoms. The van der Waals surface area contributed by atoms with Crippen molar-refractivity contribution in [1.82, 2.24) is 19.7 Å². The largest absolute Gasteiger partial charge is 0.383 e. The van der Waals surface area contributed by atoms with Crippen molar-refractivity contribution in [1.29, 1.82) is 0 Å². The minimum Gasteiger partial charge on any atom is -0.383 e. The van der Waals surface area contributed by atoms with Crippen LogP contribution in [0.25, 0.3) is 5.82 Å². The van der Waals surface area contributed by atoms with Crippen molar-refractivity contribution in [2.75, 3.05) is 11.5 Å². The number of rotatable bonds is 1. The van der Waals surface area contributed by atoms with Gasteiger partial charge in [0, 0.05) is 18.3 Å². The molecule has 0 fully saturated rings. The minimum absolute atomic E-state index is 0.371. The molecule has 0 spiro atoms. The fourth-order valence-corrected chi connectivity index (χ4v) is 1.01. The van der Waals surface area contributed by atoms with E-state index in [1.165, 1.54) is 11.0 Å². The Balaban J connectivity index is 2.53. The summed E-state index contributed by atoms with van der Waals surface area (Å²) in [7, 11) is 0. The molecule has 0 radical (unpaired) electrons. The number of hydrogen-bond acceptors (Lipinski definition) is 5. The van der Waals surface area contributed by atoms with E-state index in [-0.39, 0.29) is 0 Å². The summed E-state index contributed by atoms with van der Waals surface area (Å²) in [6.45, 7) is 0. The number of nitrogens with zero attached hydrogens (tertiary/aromatic N) is 4. The molecule has 0 aliphatic heterocycles. The Labute approximate surface area is 74.2 Å². The van der Waals surface area contributed by atoms with Crippen LogP contribution in [-0.2, 0) is 0 Å². The van der Waals surface area contributed by atoms with Gasteiger partial charge in [-0.3, -0.25) is 0 Å². The number of anilines is 2. The predicted octanol–water partition coefficient (Wildman–Crippen LogP) is -0.173. The van der Waals surface area contributed by atoms with Gasteiger partial charge in [-0.2, -0.15) is 4.68 Å². The standard InChI is InChI=1S/C7H8N6/c8-5-3-6(9)13(12-5)7-1-2-10-4-11-7/h1-4H,9H2,(H2,8,12). The lowest BCUT2D eigenvalue weighted by Crippen LogP contribution is -2.03. The minimum atomic E-state index is 0.371. The Morgan fingerprint density at radius 2 is 2.15 bits per heavy atom. The molecule has 2 rings (SSSR count). The van der Waals surface area contributed by atoms with Gasteiger partial charge in [-0.05, 0) is 0 Å². The Kier molecular flexibility index (Phi) is 1.59.